The van der Waals surface area contributed by atoms with Gasteiger partial charge in [-0.2, -0.15) is 0 Å². The summed E-state index contributed by atoms with van der Waals surface area (Å²) in [6.07, 6.45) is -1.98. The summed E-state index contributed by atoms with van der Waals surface area (Å²) in [5.74, 6) is 0.310. The van der Waals surface area contributed by atoms with Gasteiger partial charge in [-0.3, -0.25) is 0 Å². The highest BCUT2D eigenvalue weighted by Crippen LogP contribution is 2.17. The van der Waals surface area contributed by atoms with Crippen molar-refractivity contribution in [2.75, 3.05) is 26.1 Å². The molecule has 0 amide bonds. The van der Waals surface area contributed by atoms with Crippen LogP contribution >= 0.6 is 0 Å². The molecule has 90 valence electrons. The first-order chi connectivity index (χ1) is 7.67. The van der Waals surface area contributed by atoms with Crippen molar-refractivity contribution in [2.24, 2.45) is 0 Å². The van der Waals surface area contributed by atoms with Gasteiger partial charge in [0.15, 0.2) is 6.29 Å². The number of halogens is 2. The van der Waals surface area contributed by atoms with E-state index in [2.05, 4.69) is 15.3 Å². The van der Waals surface area contributed by atoms with E-state index in [-0.39, 0.29) is 5.69 Å². The molecule has 1 aromatic heterocycles. The lowest BCUT2D eigenvalue weighted by Gasteiger charge is -2.14. The Balaban J connectivity index is 2.56. The number of anilines is 1. The van der Waals surface area contributed by atoms with E-state index in [0.29, 0.717) is 12.4 Å². The van der Waals surface area contributed by atoms with Crippen LogP contribution in [0.25, 0.3) is 0 Å². The van der Waals surface area contributed by atoms with Gasteiger partial charge in [0.1, 0.15) is 17.8 Å². The van der Waals surface area contributed by atoms with Gasteiger partial charge in [-0.1, -0.05) is 0 Å². The fourth-order valence-electron chi connectivity index (χ4n) is 1.04. The first kappa shape index (κ1) is 12.7. The van der Waals surface area contributed by atoms with Crippen molar-refractivity contribution in [1.29, 1.82) is 0 Å². The largest absolute Gasteiger partial charge is 0.365 e. The van der Waals surface area contributed by atoms with Gasteiger partial charge in [-0.25, -0.2) is 18.7 Å². The van der Waals surface area contributed by atoms with Crippen LogP contribution in [0.2, 0.25) is 0 Å². The van der Waals surface area contributed by atoms with Crippen LogP contribution in [0.4, 0.5) is 14.6 Å². The molecule has 5 nitrogen and oxygen atoms in total. The minimum Gasteiger partial charge on any atom is -0.365 e. The molecule has 0 aliphatic rings. The second-order valence-electron chi connectivity index (χ2n) is 2.91. The van der Waals surface area contributed by atoms with E-state index >= 15 is 0 Å². The number of hydrogen-bond donors (Lipinski definition) is 1. The number of nitrogens with zero attached hydrogens (tertiary/aromatic N) is 2. The Labute approximate surface area is 91.8 Å². The molecular weight excluding hydrogens is 220 g/mol. The molecule has 1 N–H and O–H groups in total. The van der Waals surface area contributed by atoms with Crippen LogP contribution in [-0.2, 0) is 9.47 Å². The topological polar surface area (TPSA) is 56.3 Å². The maximum atomic E-state index is 12.3. The molecule has 16 heavy (non-hydrogen) atoms. The van der Waals surface area contributed by atoms with Gasteiger partial charge in [-0.15, -0.1) is 0 Å². The fourth-order valence-corrected chi connectivity index (χ4v) is 1.04. The fraction of sp³-hybridized carbons (Fsp3) is 0.556. The number of hydrogen-bond acceptors (Lipinski definition) is 5. The number of ether oxygens (including phenoxy) is 2. The lowest BCUT2D eigenvalue weighted by atomic mass is 10.4. The highest BCUT2D eigenvalue weighted by atomic mass is 19.3. The third-order valence-electron chi connectivity index (χ3n) is 1.89. The van der Waals surface area contributed by atoms with Gasteiger partial charge in [0, 0.05) is 20.3 Å². The minimum atomic E-state index is -2.61. The molecule has 0 spiro atoms. The molecule has 0 atom stereocenters. The molecule has 0 saturated heterocycles. The van der Waals surface area contributed by atoms with Crippen LogP contribution in [0.1, 0.15) is 12.1 Å². The summed E-state index contributed by atoms with van der Waals surface area (Å²) in [5, 5.41) is 2.81. The Hall–Kier alpha value is -1.34. The summed E-state index contributed by atoms with van der Waals surface area (Å²) < 4.78 is 34.5. The monoisotopic (exact) mass is 233 g/mol. The number of aromatic nitrogens is 2. The first-order valence-corrected chi connectivity index (χ1v) is 4.57. The molecule has 0 fully saturated rings. The second-order valence-corrected chi connectivity index (χ2v) is 2.91. The first-order valence-electron chi connectivity index (χ1n) is 4.57. The summed E-state index contributed by atoms with van der Waals surface area (Å²) in [7, 11) is 2.97. The number of nitrogens with one attached hydrogen (secondary N) is 1. The average Bonchev–Trinajstić information content (AvgIpc) is 2.31. The smallest absolute Gasteiger partial charge is 0.280 e. The van der Waals surface area contributed by atoms with Crippen LogP contribution < -0.4 is 5.32 Å². The molecular formula is C9H13F2N3O2. The average molecular weight is 233 g/mol. The van der Waals surface area contributed by atoms with Gasteiger partial charge in [0.05, 0.1) is 6.54 Å². The molecule has 0 unspecified atom stereocenters. The summed E-state index contributed by atoms with van der Waals surface area (Å²) in [6, 6.07) is 1.19. The molecule has 0 radical (unpaired) electrons. The van der Waals surface area contributed by atoms with Gasteiger partial charge in [0.25, 0.3) is 6.43 Å². The van der Waals surface area contributed by atoms with Crippen LogP contribution in [0.3, 0.4) is 0 Å². The Morgan fingerprint density at radius 3 is 2.56 bits per heavy atom. The van der Waals surface area contributed by atoms with Gasteiger partial charge in [0.2, 0.25) is 0 Å². The number of alkyl halides is 2. The molecule has 0 bridgehead atoms. The standard InChI is InChI=1S/C9H13F2N3O2/c1-15-8(16-2)4-12-7-3-6(9(10)11)13-5-14-7/h3,5,8-9H,4H2,1-2H3,(H,12,13,14). The van der Waals surface area contributed by atoms with E-state index < -0.39 is 12.7 Å². The van der Waals surface area contributed by atoms with Gasteiger partial charge >= 0.3 is 0 Å². The predicted octanol–water partition coefficient (Wildman–Crippen LogP) is 1.44. The summed E-state index contributed by atoms with van der Waals surface area (Å²) >= 11 is 0. The van der Waals surface area contributed by atoms with Crippen molar-refractivity contribution in [2.45, 2.75) is 12.7 Å². The normalized spacial score (nSPS) is 11.1. The molecule has 7 heteroatoms. The zero-order chi connectivity index (χ0) is 12.0. The molecule has 0 aromatic carbocycles. The van der Waals surface area contributed by atoms with Crippen molar-refractivity contribution >= 4 is 5.82 Å². The van der Waals surface area contributed by atoms with Crippen LogP contribution in [0, 0.1) is 0 Å². The van der Waals surface area contributed by atoms with E-state index in [1.54, 1.807) is 0 Å². The molecule has 1 aromatic rings. The summed E-state index contributed by atoms with van der Waals surface area (Å²) in [5.41, 5.74) is -0.316. The maximum absolute atomic E-state index is 12.3. The zero-order valence-electron chi connectivity index (χ0n) is 8.98. The number of rotatable bonds is 6. The highest BCUT2D eigenvalue weighted by Gasteiger charge is 2.10. The third-order valence-corrected chi connectivity index (χ3v) is 1.89. The van der Waals surface area contributed by atoms with Crippen molar-refractivity contribution in [1.82, 2.24) is 9.97 Å². The molecule has 0 aliphatic carbocycles. The minimum absolute atomic E-state index is 0.310. The zero-order valence-corrected chi connectivity index (χ0v) is 8.98. The Kier molecular flexibility index (Phi) is 5.00. The second kappa shape index (κ2) is 6.29. The van der Waals surface area contributed by atoms with E-state index in [4.69, 9.17) is 9.47 Å². The Bertz CT molecular complexity index is 321. The highest BCUT2D eigenvalue weighted by molar-refractivity contribution is 5.35. The summed E-state index contributed by atoms with van der Waals surface area (Å²) in [4.78, 5) is 7.24. The molecule has 0 saturated carbocycles. The van der Waals surface area contributed by atoms with E-state index in [1.165, 1.54) is 20.3 Å². The van der Waals surface area contributed by atoms with E-state index in [0.717, 1.165) is 6.33 Å². The summed E-state index contributed by atoms with van der Waals surface area (Å²) in [6.45, 7) is 0.312. The van der Waals surface area contributed by atoms with Crippen LogP contribution in [0.15, 0.2) is 12.4 Å². The molecule has 1 heterocycles. The predicted molar refractivity (Wildman–Crippen MR) is 53.3 cm³/mol. The van der Waals surface area contributed by atoms with Crippen molar-refractivity contribution < 1.29 is 18.3 Å². The molecule has 1 rings (SSSR count). The van der Waals surface area contributed by atoms with Gasteiger partial charge < -0.3 is 14.8 Å². The van der Waals surface area contributed by atoms with E-state index in [1.807, 2.05) is 0 Å². The van der Waals surface area contributed by atoms with Crippen molar-refractivity contribution in [3.8, 4) is 0 Å². The lowest BCUT2D eigenvalue weighted by molar-refractivity contribution is -0.0914. The van der Waals surface area contributed by atoms with Gasteiger partial charge in [-0.05, 0) is 0 Å². The third kappa shape index (κ3) is 3.67. The molecule has 0 aliphatic heterocycles. The van der Waals surface area contributed by atoms with Crippen LogP contribution in [0.5, 0.6) is 0 Å². The Morgan fingerprint density at radius 2 is 2.00 bits per heavy atom. The quantitative estimate of drug-likeness (QED) is 0.753. The van der Waals surface area contributed by atoms with Crippen molar-refractivity contribution in [3.63, 3.8) is 0 Å². The van der Waals surface area contributed by atoms with Crippen molar-refractivity contribution in [3.05, 3.63) is 18.1 Å². The Morgan fingerprint density at radius 1 is 1.31 bits per heavy atom. The SMILES string of the molecule is COC(CNc1cc(C(F)F)ncn1)OC. The maximum Gasteiger partial charge on any atom is 0.280 e. The number of methoxy groups -OCH3 is 2. The van der Waals surface area contributed by atoms with E-state index in [9.17, 15) is 8.78 Å². The van der Waals surface area contributed by atoms with Crippen LogP contribution in [-0.4, -0.2) is 37.0 Å². The lowest BCUT2D eigenvalue weighted by Crippen LogP contribution is -2.24.